The molecular weight excluding hydrogens is 329 g/mol. The van der Waals surface area contributed by atoms with Gasteiger partial charge in [0.2, 0.25) is 6.23 Å². The molecule has 1 unspecified atom stereocenters. The van der Waals surface area contributed by atoms with Crippen LogP contribution in [0.5, 0.6) is 0 Å². The van der Waals surface area contributed by atoms with Crippen molar-refractivity contribution in [3.63, 3.8) is 0 Å². The molecule has 1 aromatic heterocycles. The van der Waals surface area contributed by atoms with Crippen LogP contribution in [-0.4, -0.2) is 20.4 Å². The Hall–Kier alpha value is -2.50. The molecule has 1 aliphatic heterocycles. The number of aromatic nitrogens is 2. The predicted octanol–water partition coefficient (Wildman–Crippen LogP) is 3.82. The highest BCUT2D eigenvalue weighted by molar-refractivity contribution is 6.31. The van der Waals surface area contributed by atoms with E-state index in [1.54, 1.807) is 36.5 Å². The summed E-state index contributed by atoms with van der Waals surface area (Å²) in [5, 5.41) is 11.0. The topological polar surface area (TPSA) is 50.4 Å². The maximum atomic E-state index is 14.3. The zero-order chi connectivity index (χ0) is 16.8. The van der Waals surface area contributed by atoms with Crippen molar-refractivity contribution < 1.29 is 9.50 Å². The minimum absolute atomic E-state index is 0.309. The molecule has 4 nitrogen and oxygen atoms in total. The van der Waals surface area contributed by atoms with Gasteiger partial charge in [0, 0.05) is 28.0 Å². The van der Waals surface area contributed by atoms with E-state index in [0.29, 0.717) is 27.7 Å². The Morgan fingerprint density at radius 2 is 1.96 bits per heavy atom. The van der Waals surface area contributed by atoms with Crippen molar-refractivity contribution in [2.75, 3.05) is 0 Å². The Kier molecular flexibility index (Phi) is 3.48. The van der Waals surface area contributed by atoms with E-state index >= 15 is 0 Å². The maximum Gasteiger partial charge on any atom is 0.205 e. The van der Waals surface area contributed by atoms with Crippen LogP contribution in [0.4, 0.5) is 4.39 Å². The number of nitrogens with zero attached hydrogens (tertiary/aromatic N) is 3. The molecule has 0 saturated carbocycles. The third kappa shape index (κ3) is 2.25. The molecule has 0 spiro atoms. The quantitative estimate of drug-likeness (QED) is 0.731. The summed E-state index contributed by atoms with van der Waals surface area (Å²) in [5.74, 6) is -0.0203. The molecule has 0 fully saturated rings. The molecule has 0 radical (unpaired) electrons. The number of halogens is 2. The van der Waals surface area contributed by atoms with Crippen molar-refractivity contribution in [3.05, 3.63) is 82.1 Å². The summed E-state index contributed by atoms with van der Waals surface area (Å²) in [5.41, 5.74) is 2.90. The molecule has 1 aliphatic rings. The molecule has 3 aromatic rings. The van der Waals surface area contributed by atoms with Gasteiger partial charge in [-0.15, -0.1) is 0 Å². The van der Waals surface area contributed by atoms with E-state index in [1.807, 2.05) is 17.6 Å². The SMILES string of the molecule is Cc1cnc2n1-c1ccc(Cl)cc1C(c1ccccc1F)=NC2O. The molecule has 6 heteroatoms. The van der Waals surface area contributed by atoms with Crippen molar-refractivity contribution in [2.45, 2.75) is 13.2 Å². The minimum Gasteiger partial charge on any atom is -0.365 e. The summed E-state index contributed by atoms with van der Waals surface area (Å²) in [6.45, 7) is 1.88. The van der Waals surface area contributed by atoms with Crippen LogP contribution in [0, 0.1) is 12.7 Å². The van der Waals surface area contributed by atoms with E-state index in [1.165, 1.54) is 6.07 Å². The van der Waals surface area contributed by atoms with Gasteiger partial charge in [0.1, 0.15) is 5.82 Å². The van der Waals surface area contributed by atoms with E-state index in [0.717, 1.165) is 11.4 Å². The fraction of sp³-hybridized carbons (Fsp3) is 0.111. The summed E-state index contributed by atoms with van der Waals surface area (Å²) in [6.07, 6.45) is 0.472. The first-order valence-electron chi connectivity index (χ1n) is 7.41. The van der Waals surface area contributed by atoms with E-state index < -0.39 is 12.0 Å². The number of aliphatic hydroxyl groups is 1. The number of aliphatic imine (C=N–C) groups is 1. The second kappa shape index (κ2) is 5.54. The van der Waals surface area contributed by atoms with Crippen LogP contribution in [0.25, 0.3) is 5.69 Å². The van der Waals surface area contributed by atoms with Gasteiger partial charge >= 0.3 is 0 Å². The Balaban J connectivity index is 2.07. The number of fused-ring (bicyclic) bond motifs is 3. The first-order valence-corrected chi connectivity index (χ1v) is 7.79. The van der Waals surface area contributed by atoms with E-state index in [-0.39, 0.29) is 0 Å². The highest BCUT2D eigenvalue weighted by Gasteiger charge is 2.26. The number of rotatable bonds is 1. The number of aliphatic hydroxyl groups excluding tert-OH is 1. The zero-order valence-electron chi connectivity index (χ0n) is 12.7. The van der Waals surface area contributed by atoms with Crippen LogP contribution >= 0.6 is 11.6 Å². The molecule has 0 aliphatic carbocycles. The maximum absolute atomic E-state index is 14.3. The predicted molar refractivity (Wildman–Crippen MR) is 90.3 cm³/mol. The smallest absolute Gasteiger partial charge is 0.205 e. The molecule has 0 amide bonds. The molecule has 2 aromatic carbocycles. The molecule has 120 valence electrons. The molecule has 2 heterocycles. The lowest BCUT2D eigenvalue weighted by atomic mass is 10.00. The molecule has 4 rings (SSSR count). The van der Waals surface area contributed by atoms with E-state index in [9.17, 15) is 9.50 Å². The van der Waals surface area contributed by atoms with Gasteiger partial charge in [-0.05, 0) is 37.3 Å². The van der Waals surface area contributed by atoms with Crippen LogP contribution in [0.2, 0.25) is 5.02 Å². The Morgan fingerprint density at radius 1 is 1.17 bits per heavy atom. The Morgan fingerprint density at radius 3 is 2.75 bits per heavy atom. The third-order valence-corrected chi connectivity index (χ3v) is 4.27. The van der Waals surface area contributed by atoms with Crippen LogP contribution in [0.15, 0.2) is 53.7 Å². The largest absolute Gasteiger partial charge is 0.365 e. The van der Waals surface area contributed by atoms with Gasteiger partial charge in [0.25, 0.3) is 0 Å². The Bertz CT molecular complexity index is 980. The highest BCUT2D eigenvalue weighted by Crippen LogP contribution is 2.32. The van der Waals surface area contributed by atoms with Gasteiger partial charge in [0.15, 0.2) is 5.82 Å². The molecular formula is C18H13ClFN3O. The lowest BCUT2D eigenvalue weighted by molar-refractivity contribution is 0.177. The first-order chi connectivity index (χ1) is 11.6. The molecule has 1 N–H and O–H groups in total. The number of imidazole rings is 1. The lowest BCUT2D eigenvalue weighted by Crippen LogP contribution is -2.09. The van der Waals surface area contributed by atoms with Crippen molar-refractivity contribution >= 4 is 17.3 Å². The first kappa shape index (κ1) is 15.1. The molecule has 24 heavy (non-hydrogen) atoms. The molecule has 0 saturated heterocycles. The molecule has 0 bridgehead atoms. The van der Waals surface area contributed by atoms with Crippen molar-refractivity contribution in [2.24, 2.45) is 4.99 Å². The average Bonchev–Trinajstić information content (AvgIpc) is 2.89. The highest BCUT2D eigenvalue weighted by atomic mass is 35.5. The summed E-state index contributed by atoms with van der Waals surface area (Å²) < 4.78 is 16.2. The Labute approximate surface area is 142 Å². The second-order valence-electron chi connectivity index (χ2n) is 5.59. The third-order valence-electron chi connectivity index (χ3n) is 4.03. The lowest BCUT2D eigenvalue weighted by Gasteiger charge is -2.13. The fourth-order valence-electron chi connectivity index (χ4n) is 2.96. The number of aryl methyl sites for hydroxylation is 1. The van der Waals surface area contributed by atoms with Gasteiger partial charge in [-0.25, -0.2) is 14.4 Å². The fourth-order valence-corrected chi connectivity index (χ4v) is 3.13. The zero-order valence-corrected chi connectivity index (χ0v) is 13.5. The second-order valence-corrected chi connectivity index (χ2v) is 6.02. The summed E-state index contributed by atoms with van der Waals surface area (Å²) >= 11 is 6.16. The van der Waals surface area contributed by atoms with Crippen molar-refractivity contribution in [1.82, 2.24) is 9.55 Å². The van der Waals surface area contributed by atoms with E-state index in [4.69, 9.17) is 11.6 Å². The van der Waals surface area contributed by atoms with Gasteiger partial charge in [-0.2, -0.15) is 0 Å². The van der Waals surface area contributed by atoms with Crippen LogP contribution < -0.4 is 0 Å². The standard InChI is InChI=1S/C18H13ClFN3O/c1-10-9-21-17-18(24)22-16(12-4-2-3-5-14(12)20)13-8-11(19)6-7-15(13)23(10)17/h2-9,18,24H,1H3. The summed E-state index contributed by atoms with van der Waals surface area (Å²) in [7, 11) is 0. The monoisotopic (exact) mass is 341 g/mol. The number of benzene rings is 2. The normalized spacial score (nSPS) is 16.2. The van der Waals surface area contributed by atoms with Crippen molar-refractivity contribution in [3.8, 4) is 5.69 Å². The summed E-state index contributed by atoms with van der Waals surface area (Å²) in [4.78, 5) is 8.58. The van der Waals surface area contributed by atoms with Gasteiger partial charge in [0.05, 0.1) is 11.4 Å². The van der Waals surface area contributed by atoms with Gasteiger partial charge < -0.3 is 5.11 Å². The van der Waals surface area contributed by atoms with Crippen LogP contribution in [0.3, 0.4) is 0 Å². The average molecular weight is 342 g/mol. The minimum atomic E-state index is -1.19. The van der Waals surface area contributed by atoms with Crippen LogP contribution in [-0.2, 0) is 0 Å². The van der Waals surface area contributed by atoms with E-state index in [2.05, 4.69) is 9.98 Å². The molecule has 1 atom stereocenters. The number of hydrogen-bond acceptors (Lipinski definition) is 3. The number of hydrogen-bond donors (Lipinski definition) is 1. The van der Waals surface area contributed by atoms with Gasteiger partial charge in [-0.3, -0.25) is 4.57 Å². The van der Waals surface area contributed by atoms with Gasteiger partial charge in [-0.1, -0.05) is 23.7 Å². The van der Waals surface area contributed by atoms with Crippen molar-refractivity contribution in [1.29, 1.82) is 0 Å². The summed E-state index contributed by atoms with van der Waals surface area (Å²) in [6, 6.07) is 11.6. The van der Waals surface area contributed by atoms with Crippen LogP contribution in [0.1, 0.15) is 28.9 Å².